The number of nitrogens with zero attached hydrogens (tertiary/aromatic N) is 3. The van der Waals surface area contributed by atoms with E-state index in [0.717, 1.165) is 4.57 Å². The van der Waals surface area contributed by atoms with Crippen LogP contribution in [0.25, 0.3) is 5.69 Å². The first-order chi connectivity index (χ1) is 9.73. The summed E-state index contributed by atoms with van der Waals surface area (Å²) in [6, 6.07) is 0.521. The zero-order chi connectivity index (χ0) is 15.9. The summed E-state index contributed by atoms with van der Waals surface area (Å²) in [7, 11) is 1.39. The lowest BCUT2D eigenvalue weighted by molar-refractivity contribution is 0.0691. The number of rotatable bonds is 3. The van der Waals surface area contributed by atoms with E-state index >= 15 is 0 Å². The second-order valence-corrected chi connectivity index (χ2v) is 4.49. The molecule has 0 spiro atoms. The van der Waals surface area contributed by atoms with Crippen molar-refractivity contribution >= 4 is 18.4 Å². The van der Waals surface area contributed by atoms with Crippen LogP contribution in [-0.2, 0) is 7.05 Å². The smallest absolute Gasteiger partial charge is 0.350 e. The zero-order valence-corrected chi connectivity index (χ0v) is 12.4. The predicted octanol–water partition coefficient (Wildman–Crippen LogP) is 0.989. The molecule has 0 fully saturated rings. The van der Waals surface area contributed by atoms with E-state index in [2.05, 4.69) is 5.10 Å². The van der Waals surface area contributed by atoms with Gasteiger partial charge in [-0.15, -0.1) is 17.5 Å². The van der Waals surface area contributed by atoms with Gasteiger partial charge in [0.2, 0.25) is 0 Å². The number of aromatic nitrogens is 3. The van der Waals surface area contributed by atoms with Crippen molar-refractivity contribution in [3.8, 4) is 5.69 Å². The van der Waals surface area contributed by atoms with Gasteiger partial charge < -0.3 is 10.8 Å². The first kappa shape index (κ1) is 17.8. The van der Waals surface area contributed by atoms with Crippen molar-refractivity contribution in [2.45, 2.75) is 13.0 Å². The minimum atomic E-state index is -1.61. The maximum atomic E-state index is 13.9. The quantitative estimate of drug-likeness (QED) is 0.871. The van der Waals surface area contributed by atoms with Crippen LogP contribution >= 0.6 is 12.4 Å². The zero-order valence-electron chi connectivity index (χ0n) is 11.6. The van der Waals surface area contributed by atoms with Crippen molar-refractivity contribution in [2.24, 2.45) is 12.8 Å². The van der Waals surface area contributed by atoms with Gasteiger partial charge in [0.15, 0.2) is 5.82 Å². The van der Waals surface area contributed by atoms with E-state index in [1.807, 2.05) is 0 Å². The lowest BCUT2D eigenvalue weighted by atomic mass is 10.2. The van der Waals surface area contributed by atoms with Gasteiger partial charge in [-0.05, 0) is 13.0 Å². The molecule has 0 aliphatic carbocycles. The van der Waals surface area contributed by atoms with E-state index in [4.69, 9.17) is 10.8 Å². The van der Waals surface area contributed by atoms with Crippen molar-refractivity contribution in [1.82, 2.24) is 14.3 Å². The number of benzene rings is 1. The molecule has 1 aromatic carbocycles. The summed E-state index contributed by atoms with van der Waals surface area (Å²) in [5.74, 6) is -3.67. The molecule has 0 unspecified atom stereocenters. The molecule has 1 atom stereocenters. The average molecular weight is 335 g/mol. The van der Waals surface area contributed by atoms with Gasteiger partial charge in [-0.3, -0.25) is 4.57 Å². The molecule has 0 saturated carbocycles. The normalized spacial score (nSPS) is 11.9. The number of carbonyl (C=O) groups is 1. The first-order valence-electron chi connectivity index (χ1n) is 5.88. The van der Waals surface area contributed by atoms with E-state index in [0.29, 0.717) is 16.8 Å². The Morgan fingerprint density at radius 2 is 1.95 bits per heavy atom. The van der Waals surface area contributed by atoms with E-state index in [1.54, 1.807) is 6.92 Å². The van der Waals surface area contributed by atoms with Crippen molar-refractivity contribution in [3.63, 3.8) is 0 Å². The molecule has 7 nitrogen and oxygen atoms in total. The van der Waals surface area contributed by atoms with Crippen LogP contribution in [0.3, 0.4) is 0 Å². The Morgan fingerprint density at radius 3 is 2.41 bits per heavy atom. The number of hydrogen-bond donors (Lipinski definition) is 2. The number of carboxylic acids is 1. The predicted molar refractivity (Wildman–Crippen MR) is 75.5 cm³/mol. The Bertz CT molecular complexity index is 785. The second-order valence-electron chi connectivity index (χ2n) is 4.49. The Kier molecular flexibility index (Phi) is 5.05. The van der Waals surface area contributed by atoms with Crippen molar-refractivity contribution in [3.05, 3.63) is 45.6 Å². The molecule has 0 bridgehead atoms. The fourth-order valence-corrected chi connectivity index (χ4v) is 1.87. The van der Waals surface area contributed by atoms with Gasteiger partial charge in [0.05, 0.1) is 11.6 Å². The van der Waals surface area contributed by atoms with Crippen LogP contribution in [0.4, 0.5) is 8.78 Å². The van der Waals surface area contributed by atoms with Crippen LogP contribution in [0, 0.1) is 11.6 Å². The third-order valence-corrected chi connectivity index (χ3v) is 2.92. The lowest BCUT2D eigenvalue weighted by Crippen LogP contribution is -2.24. The van der Waals surface area contributed by atoms with Gasteiger partial charge in [-0.1, -0.05) is 0 Å². The van der Waals surface area contributed by atoms with Crippen LogP contribution in [0.15, 0.2) is 16.9 Å². The lowest BCUT2D eigenvalue weighted by Gasteiger charge is -2.04. The third-order valence-electron chi connectivity index (χ3n) is 2.92. The molecule has 22 heavy (non-hydrogen) atoms. The van der Waals surface area contributed by atoms with Gasteiger partial charge in [-0.25, -0.2) is 18.4 Å². The molecule has 0 saturated heterocycles. The average Bonchev–Trinajstić information content (AvgIpc) is 2.68. The molecule has 1 aromatic heterocycles. The molecule has 10 heteroatoms. The van der Waals surface area contributed by atoms with E-state index in [-0.39, 0.29) is 18.2 Å². The van der Waals surface area contributed by atoms with Crippen LogP contribution in [0.2, 0.25) is 0 Å². The number of carboxylic acid groups (broad SMARTS) is 1. The topological polar surface area (TPSA) is 103 Å². The second kappa shape index (κ2) is 6.24. The molecular weight excluding hydrogens is 322 g/mol. The summed E-state index contributed by atoms with van der Waals surface area (Å²) in [6.45, 7) is 1.58. The minimum Gasteiger partial charge on any atom is -0.478 e. The molecule has 2 rings (SSSR count). The highest BCUT2D eigenvalue weighted by atomic mass is 35.5. The summed E-state index contributed by atoms with van der Waals surface area (Å²) in [5.41, 5.74) is 3.60. The summed E-state index contributed by atoms with van der Waals surface area (Å²) in [6.07, 6.45) is 0. The molecule has 0 aliphatic heterocycles. The van der Waals surface area contributed by atoms with Crippen LogP contribution in [0.5, 0.6) is 0 Å². The van der Waals surface area contributed by atoms with Crippen LogP contribution in [0.1, 0.15) is 29.1 Å². The van der Waals surface area contributed by atoms with Crippen molar-refractivity contribution < 1.29 is 18.7 Å². The van der Waals surface area contributed by atoms with Crippen LogP contribution < -0.4 is 11.4 Å². The van der Waals surface area contributed by atoms with Gasteiger partial charge in [0.1, 0.15) is 17.3 Å². The fraction of sp³-hybridized carbons (Fsp3) is 0.250. The fourth-order valence-electron chi connectivity index (χ4n) is 1.87. The Balaban J connectivity index is 0.00000242. The third kappa shape index (κ3) is 2.85. The first-order valence-corrected chi connectivity index (χ1v) is 5.88. The Labute approximate surface area is 129 Å². The van der Waals surface area contributed by atoms with Crippen molar-refractivity contribution in [1.29, 1.82) is 0 Å². The highest BCUT2D eigenvalue weighted by Gasteiger charge is 2.21. The van der Waals surface area contributed by atoms with Gasteiger partial charge in [0.25, 0.3) is 0 Å². The standard InChI is InChI=1S/C12H12F2N4O3.ClH/c1-5(15)10-16-18(12(21)17(10)2)9-4-7(13)6(11(19)20)3-8(9)14;/h3-5H,15H2,1-2H3,(H,19,20);1H/t5-;/m1./s1. The van der Waals surface area contributed by atoms with E-state index < -0.39 is 40.6 Å². The molecular formula is C12H13ClF2N4O3. The number of aromatic carboxylic acids is 1. The SMILES string of the molecule is C[C@@H](N)c1nn(-c2cc(F)c(C(=O)O)cc2F)c(=O)n1C.Cl. The largest absolute Gasteiger partial charge is 0.478 e. The highest BCUT2D eigenvalue weighted by molar-refractivity contribution is 5.88. The summed E-state index contributed by atoms with van der Waals surface area (Å²) < 4.78 is 29.3. The minimum absolute atomic E-state index is 0. The number of hydrogen-bond acceptors (Lipinski definition) is 4. The maximum Gasteiger partial charge on any atom is 0.350 e. The highest BCUT2D eigenvalue weighted by Crippen LogP contribution is 2.18. The molecule has 2 aromatic rings. The number of halogens is 3. The van der Waals surface area contributed by atoms with Crippen LogP contribution in [-0.4, -0.2) is 25.4 Å². The monoisotopic (exact) mass is 334 g/mol. The molecule has 3 N–H and O–H groups in total. The summed E-state index contributed by atoms with van der Waals surface area (Å²) in [5, 5.41) is 12.6. The van der Waals surface area contributed by atoms with Gasteiger partial charge in [-0.2, -0.15) is 4.68 Å². The molecule has 1 heterocycles. The van der Waals surface area contributed by atoms with E-state index in [1.165, 1.54) is 7.05 Å². The Morgan fingerprint density at radius 1 is 1.36 bits per heavy atom. The van der Waals surface area contributed by atoms with E-state index in [9.17, 15) is 18.4 Å². The summed E-state index contributed by atoms with van der Waals surface area (Å²) in [4.78, 5) is 22.7. The molecule has 120 valence electrons. The molecule has 0 amide bonds. The summed E-state index contributed by atoms with van der Waals surface area (Å²) >= 11 is 0. The molecule has 0 aliphatic rings. The van der Waals surface area contributed by atoms with Gasteiger partial charge >= 0.3 is 11.7 Å². The maximum absolute atomic E-state index is 13.9. The Hall–Kier alpha value is -2.26. The van der Waals surface area contributed by atoms with Gasteiger partial charge in [0, 0.05) is 13.1 Å². The molecule has 0 radical (unpaired) electrons. The van der Waals surface area contributed by atoms with Crippen molar-refractivity contribution in [2.75, 3.05) is 0 Å². The number of nitrogens with two attached hydrogens (primary N) is 1.